The summed E-state index contributed by atoms with van der Waals surface area (Å²) in [7, 11) is -4.01. The molecule has 0 fully saturated rings. The number of rotatable bonds is 10. The molecule has 0 heterocycles. The molecular weight excluding hydrogens is 546 g/mol. The summed E-state index contributed by atoms with van der Waals surface area (Å²) in [5, 5.41) is 4.70. The van der Waals surface area contributed by atoms with E-state index in [4.69, 9.17) is 16.3 Å². The topological polar surface area (TPSA) is 88.1 Å². The van der Waals surface area contributed by atoms with Gasteiger partial charge < -0.3 is 4.74 Å². The van der Waals surface area contributed by atoms with Crippen LogP contribution in [0.1, 0.15) is 27.8 Å². The molecule has 1 N–H and O–H groups in total. The molecule has 0 aliphatic rings. The molecule has 0 saturated carbocycles. The van der Waals surface area contributed by atoms with Gasteiger partial charge in [0.1, 0.15) is 18.9 Å². The molecule has 0 spiro atoms. The van der Waals surface area contributed by atoms with Crippen LogP contribution in [0.25, 0.3) is 0 Å². The molecule has 4 aromatic rings. The maximum absolute atomic E-state index is 13.6. The van der Waals surface area contributed by atoms with Crippen molar-refractivity contribution in [3.8, 4) is 5.75 Å². The summed E-state index contributed by atoms with van der Waals surface area (Å²) < 4.78 is 34.1. The van der Waals surface area contributed by atoms with E-state index in [0.29, 0.717) is 23.1 Å². The van der Waals surface area contributed by atoms with E-state index < -0.39 is 22.5 Å². The van der Waals surface area contributed by atoms with Gasteiger partial charge in [0.2, 0.25) is 0 Å². The van der Waals surface area contributed by atoms with Crippen LogP contribution in [-0.2, 0) is 21.4 Å². The van der Waals surface area contributed by atoms with Gasteiger partial charge in [-0.15, -0.1) is 0 Å². The third kappa shape index (κ3) is 7.49. The lowest BCUT2D eigenvalue weighted by molar-refractivity contribution is -0.119. The highest BCUT2D eigenvalue weighted by atomic mass is 35.5. The smallest absolute Gasteiger partial charge is 0.264 e. The second kappa shape index (κ2) is 12.8. The highest BCUT2D eigenvalue weighted by molar-refractivity contribution is 7.92. The highest BCUT2D eigenvalue weighted by Crippen LogP contribution is 2.28. The molecule has 0 aliphatic carbocycles. The minimum absolute atomic E-state index is 0.105. The van der Waals surface area contributed by atoms with Crippen LogP contribution >= 0.6 is 11.6 Å². The van der Waals surface area contributed by atoms with Gasteiger partial charge in [0.15, 0.2) is 0 Å². The molecule has 0 aromatic heterocycles. The Bertz CT molecular complexity index is 1600. The molecule has 4 rings (SSSR count). The Balaban J connectivity index is 1.43. The minimum atomic E-state index is -4.01. The van der Waals surface area contributed by atoms with E-state index in [1.54, 1.807) is 54.6 Å². The van der Waals surface area contributed by atoms with Gasteiger partial charge in [0.05, 0.1) is 16.8 Å². The van der Waals surface area contributed by atoms with E-state index in [2.05, 4.69) is 10.5 Å². The molecule has 40 heavy (non-hydrogen) atoms. The highest BCUT2D eigenvalue weighted by Gasteiger charge is 2.28. The van der Waals surface area contributed by atoms with E-state index in [9.17, 15) is 13.2 Å². The van der Waals surface area contributed by atoms with Crippen molar-refractivity contribution in [2.24, 2.45) is 5.10 Å². The van der Waals surface area contributed by atoms with Gasteiger partial charge in [-0.1, -0.05) is 53.6 Å². The standard InChI is InChI=1S/C31H30ClN3O4S/c1-22-5-16-29(17-6-22)40(37,38)35(30-18-23(2)4-7-24(30)3)20-31(36)34-33-19-25-10-14-28(15-11-25)39-21-26-8-12-27(32)13-9-26/h4-19H,20-21H2,1-3H3,(H,34,36)/b33-19-. The number of nitrogens with zero attached hydrogens (tertiary/aromatic N) is 2. The molecule has 0 radical (unpaired) electrons. The van der Waals surface area contributed by atoms with E-state index in [0.717, 1.165) is 32.1 Å². The average Bonchev–Trinajstić information content (AvgIpc) is 2.94. The first-order chi connectivity index (χ1) is 19.1. The van der Waals surface area contributed by atoms with Crippen molar-refractivity contribution >= 4 is 39.4 Å². The summed E-state index contributed by atoms with van der Waals surface area (Å²) in [5.74, 6) is 0.109. The van der Waals surface area contributed by atoms with Crippen molar-refractivity contribution in [1.29, 1.82) is 0 Å². The predicted molar refractivity (Wildman–Crippen MR) is 160 cm³/mol. The number of carbonyl (C=O) groups is 1. The Morgan fingerprint density at radius 3 is 2.23 bits per heavy atom. The zero-order valence-corrected chi connectivity index (χ0v) is 24.0. The SMILES string of the molecule is Cc1ccc(S(=O)(=O)N(CC(=O)N/N=C\c2ccc(OCc3ccc(Cl)cc3)cc2)c2cc(C)ccc2C)cc1. The zero-order valence-electron chi connectivity index (χ0n) is 22.5. The first-order valence-electron chi connectivity index (χ1n) is 12.6. The number of carbonyl (C=O) groups excluding carboxylic acids is 1. The van der Waals surface area contributed by atoms with E-state index >= 15 is 0 Å². The molecule has 0 unspecified atom stereocenters. The van der Waals surface area contributed by atoms with Gasteiger partial charge in [-0.3, -0.25) is 9.10 Å². The van der Waals surface area contributed by atoms with Crippen LogP contribution in [0.2, 0.25) is 5.02 Å². The predicted octanol–water partition coefficient (Wildman–Crippen LogP) is 6.19. The number of sulfonamides is 1. The Hall–Kier alpha value is -4.14. The van der Waals surface area contributed by atoms with Gasteiger partial charge in [-0.05, 0) is 97.6 Å². The van der Waals surface area contributed by atoms with E-state index in [-0.39, 0.29) is 4.90 Å². The van der Waals surface area contributed by atoms with Crippen molar-refractivity contribution in [2.45, 2.75) is 32.3 Å². The molecule has 0 atom stereocenters. The Morgan fingerprint density at radius 1 is 0.900 bits per heavy atom. The van der Waals surface area contributed by atoms with Crippen LogP contribution in [0.3, 0.4) is 0 Å². The molecule has 0 aliphatic heterocycles. The number of benzene rings is 4. The first kappa shape index (κ1) is 28.9. The molecule has 1 amide bonds. The Morgan fingerprint density at radius 2 is 1.55 bits per heavy atom. The van der Waals surface area contributed by atoms with E-state index in [1.165, 1.54) is 6.21 Å². The molecule has 206 valence electrons. The molecule has 7 nitrogen and oxygen atoms in total. The van der Waals surface area contributed by atoms with Gasteiger partial charge in [-0.25, -0.2) is 13.8 Å². The fraction of sp³-hybridized carbons (Fsp3) is 0.161. The lowest BCUT2D eigenvalue weighted by Gasteiger charge is -2.25. The van der Waals surface area contributed by atoms with Crippen molar-refractivity contribution in [2.75, 3.05) is 10.8 Å². The second-order valence-corrected chi connectivity index (χ2v) is 11.7. The number of ether oxygens (including phenoxy) is 1. The average molecular weight is 576 g/mol. The fourth-order valence-corrected chi connectivity index (χ4v) is 5.47. The van der Waals surface area contributed by atoms with Gasteiger partial charge in [0.25, 0.3) is 15.9 Å². The van der Waals surface area contributed by atoms with E-state index in [1.807, 2.05) is 57.2 Å². The third-order valence-electron chi connectivity index (χ3n) is 6.13. The first-order valence-corrected chi connectivity index (χ1v) is 14.4. The van der Waals surface area contributed by atoms with Gasteiger partial charge >= 0.3 is 0 Å². The quantitative estimate of drug-likeness (QED) is 0.180. The number of hydrazone groups is 1. The van der Waals surface area contributed by atoms with Crippen LogP contribution in [0.5, 0.6) is 5.75 Å². The summed E-state index contributed by atoms with van der Waals surface area (Å²) in [6, 6.07) is 26.7. The van der Waals surface area contributed by atoms with Crippen molar-refractivity contribution in [3.63, 3.8) is 0 Å². The molecule has 4 aromatic carbocycles. The molecular formula is C31H30ClN3O4S. The summed E-state index contributed by atoms with van der Waals surface area (Å²) in [6.45, 7) is 5.54. The van der Waals surface area contributed by atoms with Crippen LogP contribution in [0.15, 0.2) is 101 Å². The maximum Gasteiger partial charge on any atom is 0.264 e. The number of nitrogens with one attached hydrogen (secondary N) is 1. The van der Waals surface area contributed by atoms with Crippen LogP contribution in [-0.4, -0.2) is 27.1 Å². The van der Waals surface area contributed by atoms with Crippen LogP contribution in [0.4, 0.5) is 5.69 Å². The van der Waals surface area contributed by atoms with Gasteiger partial charge in [-0.2, -0.15) is 5.10 Å². The Labute approximate surface area is 240 Å². The number of halogens is 1. The van der Waals surface area contributed by atoms with Crippen molar-refractivity contribution in [1.82, 2.24) is 5.43 Å². The lowest BCUT2D eigenvalue weighted by Crippen LogP contribution is -2.40. The summed E-state index contributed by atoms with van der Waals surface area (Å²) >= 11 is 5.91. The fourth-order valence-electron chi connectivity index (χ4n) is 3.87. The monoisotopic (exact) mass is 575 g/mol. The number of hydrogen-bond donors (Lipinski definition) is 1. The third-order valence-corrected chi connectivity index (χ3v) is 8.16. The number of anilines is 1. The second-order valence-electron chi connectivity index (χ2n) is 9.39. The normalized spacial score (nSPS) is 11.4. The molecule has 9 heteroatoms. The number of aryl methyl sites for hydroxylation is 3. The summed E-state index contributed by atoms with van der Waals surface area (Å²) in [5.41, 5.74) is 7.16. The summed E-state index contributed by atoms with van der Waals surface area (Å²) in [4.78, 5) is 13.0. The zero-order chi connectivity index (χ0) is 28.7. The van der Waals surface area contributed by atoms with Gasteiger partial charge in [0, 0.05) is 5.02 Å². The molecule has 0 saturated heterocycles. The maximum atomic E-state index is 13.6. The number of hydrogen-bond acceptors (Lipinski definition) is 5. The summed E-state index contributed by atoms with van der Waals surface area (Å²) in [6.07, 6.45) is 1.48. The van der Waals surface area contributed by atoms with Crippen molar-refractivity contribution < 1.29 is 17.9 Å². The number of amides is 1. The minimum Gasteiger partial charge on any atom is -0.489 e. The largest absolute Gasteiger partial charge is 0.489 e. The van der Waals surface area contributed by atoms with Crippen LogP contribution < -0.4 is 14.5 Å². The molecule has 0 bridgehead atoms. The Kier molecular flexibility index (Phi) is 9.24. The van der Waals surface area contributed by atoms with Crippen LogP contribution in [0, 0.1) is 20.8 Å². The lowest BCUT2D eigenvalue weighted by atomic mass is 10.1. The van der Waals surface area contributed by atoms with Crippen molar-refractivity contribution in [3.05, 3.63) is 124 Å².